The first-order chi connectivity index (χ1) is 7.85. The van der Waals surface area contributed by atoms with Crippen molar-refractivity contribution in [1.29, 1.82) is 0 Å². The number of nitroso groups, excluding NO2 is 1. The van der Waals surface area contributed by atoms with Crippen molar-refractivity contribution in [2.24, 2.45) is 5.18 Å². The van der Waals surface area contributed by atoms with E-state index in [1.54, 1.807) is 23.5 Å². The lowest BCUT2D eigenvalue weighted by atomic mass is 10.2. The number of hydrogen-bond acceptors (Lipinski definition) is 5. The van der Waals surface area contributed by atoms with E-state index in [9.17, 15) is 4.91 Å². The average molecular weight is 251 g/mol. The molecule has 0 bridgehead atoms. The lowest BCUT2D eigenvalue weighted by molar-refractivity contribution is -0.436. The molecule has 6 heteroatoms. The van der Waals surface area contributed by atoms with Gasteiger partial charge in [0.1, 0.15) is 5.69 Å². The van der Waals surface area contributed by atoms with E-state index in [-0.39, 0.29) is 5.48 Å². The van der Waals surface area contributed by atoms with Gasteiger partial charge in [0.05, 0.1) is 5.56 Å². The second-order valence-corrected chi connectivity index (χ2v) is 4.49. The number of nitrogens with zero attached hydrogens (tertiary/aromatic N) is 2. The Kier molecular flexibility index (Phi) is 4.86. The van der Waals surface area contributed by atoms with Crippen molar-refractivity contribution in [2.75, 3.05) is 0 Å². The second kappa shape index (κ2) is 6.17. The van der Waals surface area contributed by atoms with E-state index < -0.39 is 0 Å². The van der Waals surface area contributed by atoms with Crippen LogP contribution in [-0.2, 0) is 6.42 Å². The molecule has 0 aliphatic heterocycles. The van der Waals surface area contributed by atoms with Crippen molar-refractivity contribution in [2.45, 2.75) is 19.8 Å². The molecule has 0 unspecified atom stereocenters. The Morgan fingerprint density at radius 2 is 2.18 bits per heavy atom. The fourth-order valence-corrected chi connectivity index (χ4v) is 2.46. The zero-order chi connectivity index (χ0) is 11.4. The Bertz CT molecular complexity index is 499. The van der Waals surface area contributed by atoms with Gasteiger partial charge in [-0.1, -0.05) is 24.2 Å². The van der Waals surface area contributed by atoms with Gasteiger partial charge >= 0.3 is 0 Å². The van der Waals surface area contributed by atoms with Crippen molar-refractivity contribution in [3.63, 3.8) is 0 Å². The first-order valence-electron chi connectivity index (χ1n) is 5.15. The molecule has 0 saturated carbocycles. The van der Waals surface area contributed by atoms with E-state index in [0.717, 1.165) is 28.4 Å². The minimum Gasteiger partial charge on any atom is -0.870 e. The molecule has 90 valence electrons. The third kappa shape index (κ3) is 2.92. The van der Waals surface area contributed by atoms with Gasteiger partial charge < -0.3 is 5.48 Å². The molecule has 0 fully saturated rings. The Balaban J connectivity index is 0.00000144. The summed E-state index contributed by atoms with van der Waals surface area (Å²) < 4.78 is 0. The SMILES string of the molecule is CCCc1n[nH+]c(-c2ccccc2N=O)s1.[OH-]. The third-order valence-corrected chi connectivity index (χ3v) is 3.26. The summed E-state index contributed by atoms with van der Waals surface area (Å²) in [6.07, 6.45) is 2.02. The van der Waals surface area contributed by atoms with Gasteiger partial charge in [-0.15, -0.1) is 4.91 Å². The van der Waals surface area contributed by atoms with Gasteiger partial charge in [-0.05, 0) is 35.1 Å². The molecule has 0 atom stereocenters. The van der Waals surface area contributed by atoms with Crippen LogP contribution in [0.25, 0.3) is 10.6 Å². The maximum atomic E-state index is 10.7. The normalized spacial score (nSPS) is 9.71. The van der Waals surface area contributed by atoms with E-state index in [1.807, 2.05) is 12.1 Å². The largest absolute Gasteiger partial charge is 0.870 e. The monoisotopic (exact) mass is 251 g/mol. The quantitative estimate of drug-likeness (QED) is 0.783. The lowest BCUT2D eigenvalue weighted by Crippen LogP contribution is -2.05. The molecule has 2 N–H and O–H groups in total. The van der Waals surface area contributed by atoms with E-state index in [2.05, 4.69) is 22.3 Å². The van der Waals surface area contributed by atoms with E-state index >= 15 is 0 Å². The highest BCUT2D eigenvalue weighted by atomic mass is 32.1. The van der Waals surface area contributed by atoms with Crippen LogP contribution in [0.3, 0.4) is 0 Å². The number of aryl methyl sites for hydroxylation is 1. The van der Waals surface area contributed by atoms with Gasteiger partial charge in [-0.25, -0.2) is 0 Å². The van der Waals surface area contributed by atoms with Crippen LogP contribution < -0.4 is 5.10 Å². The van der Waals surface area contributed by atoms with Crippen LogP contribution in [0.2, 0.25) is 0 Å². The minimum absolute atomic E-state index is 0. The number of nitrogens with one attached hydrogen (secondary N) is 1. The predicted octanol–water partition coefficient (Wildman–Crippen LogP) is 2.80. The van der Waals surface area contributed by atoms with Crippen molar-refractivity contribution < 1.29 is 10.6 Å². The predicted molar refractivity (Wildman–Crippen MR) is 65.5 cm³/mol. The number of aromatic amines is 1. The second-order valence-electron chi connectivity index (χ2n) is 3.41. The average Bonchev–Trinajstić information content (AvgIpc) is 2.78. The Labute approximate surface area is 103 Å². The molecule has 0 aliphatic carbocycles. The fourth-order valence-electron chi connectivity index (χ4n) is 1.46. The lowest BCUT2D eigenvalue weighted by Gasteiger charge is -1.92. The molecule has 0 radical (unpaired) electrons. The number of aromatic nitrogens is 2. The van der Waals surface area contributed by atoms with E-state index in [0.29, 0.717) is 5.69 Å². The summed E-state index contributed by atoms with van der Waals surface area (Å²) in [5.74, 6) is 0. The molecular weight excluding hydrogens is 238 g/mol. The molecule has 0 saturated heterocycles. The molecule has 1 aromatic heterocycles. The van der Waals surface area contributed by atoms with Crippen LogP contribution in [0.4, 0.5) is 5.69 Å². The highest BCUT2D eigenvalue weighted by Crippen LogP contribution is 2.30. The highest BCUT2D eigenvalue weighted by Gasteiger charge is 2.16. The summed E-state index contributed by atoms with van der Waals surface area (Å²) in [6.45, 7) is 2.11. The van der Waals surface area contributed by atoms with Crippen LogP contribution in [0.5, 0.6) is 0 Å². The van der Waals surface area contributed by atoms with Gasteiger partial charge in [0, 0.05) is 11.5 Å². The smallest absolute Gasteiger partial charge is 0.296 e. The van der Waals surface area contributed by atoms with Gasteiger partial charge in [0.15, 0.2) is 5.01 Å². The maximum Gasteiger partial charge on any atom is 0.296 e. The fraction of sp³-hybridized carbons (Fsp3) is 0.273. The number of rotatable bonds is 4. The van der Waals surface area contributed by atoms with Crippen LogP contribution in [0.15, 0.2) is 29.4 Å². The minimum atomic E-state index is 0. The Morgan fingerprint density at radius 1 is 1.41 bits per heavy atom. The molecule has 2 rings (SSSR count). The van der Waals surface area contributed by atoms with E-state index in [4.69, 9.17) is 0 Å². The number of H-pyrrole nitrogens is 1. The summed E-state index contributed by atoms with van der Waals surface area (Å²) in [6, 6.07) is 7.26. The van der Waals surface area contributed by atoms with Gasteiger partial charge in [0.2, 0.25) is 0 Å². The van der Waals surface area contributed by atoms with Crippen LogP contribution >= 0.6 is 11.3 Å². The van der Waals surface area contributed by atoms with Gasteiger partial charge in [-0.2, -0.15) is 0 Å². The maximum absolute atomic E-state index is 10.7. The van der Waals surface area contributed by atoms with Crippen LogP contribution in [0, 0.1) is 4.91 Å². The third-order valence-electron chi connectivity index (χ3n) is 2.21. The zero-order valence-corrected chi connectivity index (χ0v) is 10.2. The number of benzene rings is 1. The van der Waals surface area contributed by atoms with Crippen molar-refractivity contribution in [3.05, 3.63) is 34.2 Å². The molecule has 0 spiro atoms. The van der Waals surface area contributed by atoms with Gasteiger partial charge in [-0.3, -0.25) is 0 Å². The van der Waals surface area contributed by atoms with Crippen molar-refractivity contribution in [1.82, 2.24) is 5.10 Å². The van der Waals surface area contributed by atoms with Crippen molar-refractivity contribution >= 4 is 17.0 Å². The number of hydrogen-bond donors (Lipinski definition) is 0. The molecule has 1 aromatic carbocycles. The van der Waals surface area contributed by atoms with Gasteiger partial charge in [0.25, 0.3) is 5.01 Å². The summed E-state index contributed by atoms with van der Waals surface area (Å²) in [4.78, 5) is 10.7. The summed E-state index contributed by atoms with van der Waals surface area (Å²) >= 11 is 1.57. The molecule has 5 nitrogen and oxygen atoms in total. The Morgan fingerprint density at radius 3 is 2.88 bits per heavy atom. The first kappa shape index (κ1) is 13.4. The Hall–Kier alpha value is -1.66. The van der Waals surface area contributed by atoms with Crippen LogP contribution in [0.1, 0.15) is 18.4 Å². The van der Waals surface area contributed by atoms with Crippen molar-refractivity contribution in [3.8, 4) is 10.6 Å². The summed E-state index contributed by atoms with van der Waals surface area (Å²) in [5, 5.41) is 12.1. The highest BCUT2D eigenvalue weighted by molar-refractivity contribution is 7.14. The first-order valence-corrected chi connectivity index (χ1v) is 5.97. The standard InChI is InChI=1S/C11H11N3OS.H2O/c1-2-5-10-12-13-11(16-10)8-6-3-4-7-9(8)14-15;/h3-4,6-7H,2,5H2,1H3;1H2. The summed E-state index contributed by atoms with van der Waals surface area (Å²) in [7, 11) is 0. The zero-order valence-electron chi connectivity index (χ0n) is 9.38. The molecule has 0 amide bonds. The molecular formula is C11H13N3O2S. The van der Waals surface area contributed by atoms with E-state index in [1.165, 1.54) is 0 Å². The molecule has 2 aromatic rings. The molecule has 17 heavy (non-hydrogen) atoms. The molecule has 0 aliphatic rings. The van der Waals surface area contributed by atoms with Crippen LogP contribution in [-0.4, -0.2) is 10.6 Å². The topological polar surface area (TPSA) is 86.5 Å². The molecule has 1 heterocycles. The summed E-state index contributed by atoms with van der Waals surface area (Å²) in [5.41, 5.74) is 1.27.